The minimum atomic E-state index is 0.802. The molecule has 0 unspecified atom stereocenters. The lowest BCUT2D eigenvalue weighted by atomic mass is 10.1. The van der Waals surface area contributed by atoms with Gasteiger partial charge in [-0.2, -0.15) is 0 Å². The molecule has 0 saturated heterocycles. The third-order valence-electron chi connectivity index (χ3n) is 2.87. The maximum Gasteiger partial charge on any atom is 0.0898 e. The van der Waals surface area contributed by atoms with Gasteiger partial charge in [-0.3, -0.25) is 0 Å². The zero-order valence-electron chi connectivity index (χ0n) is 10.6. The molecule has 1 aromatic carbocycles. The summed E-state index contributed by atoms with van der Waals surface area (Å²) in [5.41, 5.74) is 5.07. The van der Waals surface area contributed by atoms with E-state index in [1.807, 2.05) is 6.92 Å². The second-order valence-electron chi connectivity index (χ2n) is 4.21. The second kappa shape index (κ2) is 5.32. The third kappa shape index (κ3) is 3.07. The lowest BCUT2D eigenvalue weighted by Crippen LogP contribution is -2.00. The van der Waals surface area contributed by atoms with Gasteiger partial charge < -0.3 is 5.32 Å². The van der Waals surface area contributed by atoms with Crippen LogP contribution in [0.2, 0.25) is 0 Å². The zero-order chi connectivity index (χ0) is 12.3. The van der Waals surface area contributed by atoms with Gasteiger partial charge in [-0.1, -0.05) is 13.0 Å². The molecule has 0 amide bonds. The first-order valence-corrected chi connectivity index (χ1v) is 6.81. The summed E-state index contributed by atoms with van der Waals surface area (Å²) in [4.78, 5) is 4.44. The van der Waals surface area contributed by atoms with Crippen molar-refractivity contribution in [3.63, 3.8) is 0 Å². The van der Waals surface area contributed by atoms with Gasteiger partial charge >= 0.3 is 0 Å². The van der Waals surface area contributed by atoms with Gasteiger partial charge in [0.2, 0.25) is 0 Å². The standard InChI is InChI=1S/C14H18N2S/c1-4-12-7-13(6-5-10(12)2)15-8-14-9-17-11(3)16-14/h5-7,9,15H,4,8H2,1-3H3. The molecule has 2 nitrogen and oxygen atoms in total. The van der Waals surface area contributed by atoms with Crippen LogP contribution in [0.1, 0.15) is 28.8 Å². The van der Waals surface area contributed by atoms with Crippen molar-refractivity contribution in [3.05, 3.63) is 45.4 Å². The molecule has 0 spiro atoms. The largest absolute Gasteiger partial charge is 0.379 e. The molecule has 1 N–H and O–H groups in total. The van der Waals surface area contributed by atoms with E-state index in [1.165, 1.54) is 16.8 Å². The van der Waals surface area contributed by atoms with Crippen molar-refractivity contribution >= 4 is 17.0 Å². The van der Waals surface area contributed by atoms with Gasteiger partial charge in [-0.05, 0) is 43.5 Å². The summed E-state index contributed by atoms with van der Waals surface area (Å²) in [7, 11) is 0. The van der Waals surface area contributed by atoms with Crippen molar-refractivity contribution in [3.8, 4) is 0 Å². The van der Waals surface area contributed by atoms with E-state index in [0.717, 1.165) is 23.7 Å². The van der Waals surface area contributed by atoms with Crippen molar-refractivity contribution in [2.45, 2.75) is 33.7 Å². The van der Waals surface area contributed by atoms with E-state index in [1.54, 1.807) is 11.3 Å². The molecule has 1 aromatic heterocycles. The molecule has 0 fully saturated rings. The number of thiazole rings is 1. The molecule has 0 aliphatic carbocycles. The Morgan fingerprint density at radius 2 is 2.12 bits per heavy atom. The average Bonchev–Trinajstić information content (AvgIpc) is 2.74. The van der Waals surface area contributed by atoms with Crippen molar-refractivity contribution < 1.29 is 0 Å². The number of aromatic nitrogens is 1. The van der Waals surface area contributed by atoms with Crippen LogP contribution in [0.25, 0.3) is 0 Å². The van der Waals surface area contributed by atoms with Gasteiger partial charge in [0.05, 0.1) is 17.2 Å². The minimum Gasteiger partial charge on any atom is -0.379 e. The summed E-state index contributed by atoms with van der Waals surface area (Å²) in [6.07, 6.45) is 1.08. The normalized spacial score (nSPS) is 10.5. The summed E-state index contributed by atoms with van der Waals surface area (Å²) >= 11 is 1.70. The molecule has 0 aliphatic heterocycles. The van der Waals surface area contributed by atoms with E-state index in [2.05, 4.69) is 47.7 Å². The fraction of sp³-hybridized carbons (Fsp3) is 0.357. The number of hydrogen-bond acceptors (Lipinski definition) is 3. The average molecular weight is 246 g/mol. The van der Waals surface area contributed by atoms with Crippen LogP contribution in [-0.2, 0) is 13.0 Å². The highest BCUT2D eigenvalue weighted by Gasteiger charge is 2.00. The maximum absolute atomic E-state index is 4.44. The highest BCUT2D eigenvalue weighted by atomic mass is 32.1. The fourth-order valence-corrected chi connectivity index (χ4v) is 2.46. The smallest absolute Gasteiger partial charge is 0.0898 e. The van der Waals surface area contributed by atoms with Gasteiger partial charge in [0.1, 0.15) is 0 Å². The molecular weight excluding hydrogens is 228 g/mol. The fourth-order valence-electron chi connectivity index (χ4n) is 1.84. The molecule has 17 heavy (non-hydrogen) atoms. The number of nitrogens with one attached hydrogen (secondary N) is 1. The van der Waals surface area contributed by atoms with Crippen LogP contribution in [0, 0.1) is 13.8 Å². The van der Waals surface area contributed by atoms with E-state index < -0.39 is 0 Å². The molecule has 0 aliphatic rings. The van der Waals surface area contributed by atoms with Gasteiger partial charge in [0.25, 0.3) is 0 Å². The number of nitrogens with zero attached hydrogens (tertiary/aromatic N) is 1. The number of benzene rings is 1. The van der Waals surface area contributed by atoms with E-state index in [9.17, 15) is 0 Å². The van der Waals surface area contributed by atoms with E-state index in [4.69, 9.17) is 0 Å². The Kier molecular flexibility index (Phi) is 3.79. The van der Waals surface area contributed by atoms with Gasteiger partial charge in [-0.15, -0.1) is 11.3 Å². The lowest BCUT2D eigenvalue weighted by Gasteiger charge is -2.08. The second-order valence-corrected chi connectivity index (χ2v) is 5.27. The van der Waals surface area contributed by atoms with Crippen LogP contribution >= 0.6 is 11.3 Å². The van der Waals surface area contributed by atoms with E-state index in [-0.39, 0.29) is 0 Å². The lowest BCUT2D eigenvalue weighted by molar-refractivity contribution is 1.05. The van der Waals surface area contributed by atoms with Crippen LogP contribution in [-0.4, -0.2) is 4.98 Å². The topological polar surface area (TPSA) is 24.9 Å². The SMILES string of the molecule is CCc1cc(NCc2csc(C)n2)ccc1C. The zero-order valence-corrected chi connectivity index (χ0v) is 11.4. The molecule has 0 saturated carbocycles. The Labute approximate surface area is 107 Å². The summed E-state index contributed by atoms with van der Waals surface area (Å²) in [6.45, 7) is 7.19. The van der Waals surface area contributed by atoms with E-state index >= 15 is 0 Å². The Morgan fingerprint density at radius 3 is 2.76 bits per heavy atom. The first-order valence-electron chi connectivity index (χ1n) is 5.93. The van der Waals surface area contributed by atoms with Gasteiger partial charge in [0.15, 0.2) is 0 Å². The summed E-state index contributed by atoms with van der Waals surface area (Å²) < 4.78 is 0. The summed E-state index contributed by atoms with van der Waals surface area (Å²) in [5.74, 6) is 0. The van der Waals surface area contributed by atoms with Gasteiger partial charge in [-0.25, -0.2) is 4.98 Å². The summed E-state index contributed by atoms with van der Waals surface area (Å²) in [6, 6.07) is 6.54. The quantitative estimate of drug-likeness (QED) is 0.884. The van der Waals surface area contributed by atoms with Crippen LogP contribution in [0.3, 0.4) is 0 Å². The highest BCUT2D eigenvalue weighted by Crippen LogP contribution is 2.17. The van der Waals surface area contributed by atoms with Crippen molar-refractivity contribution in [1.82, 2.24) is 4.98 Å². The van der Waals surface area contributed by atoms with Gasteiger partial charge in [0, 0.05) is 11.1 Å². The highest BCUT2D eigenvalue weighted by molar-refractivity contribution is 7.09. The molecule has 90 valence electrons. The van der Waals surface area contributed by atoms with Crippen LogP contribution < -0.4 is 5.32 Å². The Morgan fingerprint density at radius 1 is 1.29 bits per heavy atom. The molecular formula is C14H18N2S. The molecule has 2 aromatic rings. The third-order valence-corrected chi connectivity index (χ3v) is 3.69. The number of hydrogen-bond donors (Lipinski definition) is 1. The van der Waals surface area contributed by atoms with Crippen LogP contribution in [0.4, 0.5) is 5.69 Å². The number of anilines is 1. The summed E-state index contributed by atoms with van der Waals surface area (Å²) in [5, 5.41) is 6.65. The first-order chi connectivity index (χ1) is 8.19. The molecule has 1 heterocycles. The monoisotopic (exact) mass is 246 g/mol. The molecule has 0 radical (unpaired) electrons. The van der Waals surface area contributed by atoms with E-state index in [0.29, 0.717) is 0 Å². The van der Waals surface area contributed by atoms with Crippen molar-refractivity contribution in [2.75, 3.05) is 5.32 Å². The molecule has 0 bridgehead atoms. The van der Waals surface area contributed by atoms with Crippen LogP contribution in [0.5, 0.6) is 0 Å². The number of rotatable bonds is 4. The minimum absolute atomic E-state index is 0.802. The predicted molar refractivity (Wildman–Crippen MR) is 74.7 cm³/mol. The Bertz CT molecular complexity index is 503. The van der Waals surface area contributed by atoms with Crippen molar-refractivity contribution in [1.29, 1.82) is 0 Å². The molecule has 2 rings (SSSR count). The molecule has 3 heteroatoms. The first kappa shape index (κ1) is 12.1. The maximum atomic E-state index is 4.44. The Hall–Kier alpha value is -1.35. The van der Waals surface area contributed by atoms with Crippen molar-refractivity contribution in [2.24, 2.45) is 0 Å². The number of aryl methyl sites for hydroxylation is 3. The predicted octanol–water partition coefficient (Wildman–Crippen LogP) is 3.93. The Balaban J connectivity index is 2.04. The van der Waals surface area contributed by atoms with Crippen LogP contribution in [0.15, 0.2) is 23.6 Å². The molecule has 0 atom stereocenters.